The lowest BCUT2D eigenvalue weighted by Gasteiger charge is -2.05. The molecule has 0 aliphatic heterocycles. The maximum atomic E-state index is 4.00. The zero-order valence-corrected chi connectivity index (χ0v) is 10.4. The molecule has 15 heavy (non-hydrogen) atoms. The van der Waals surface area contributed by atoms with Crippen molar-refractivity contribution >= 4 is 11.8 Å². The smallest absolute Gasteiger partial charge is 0.209 e. The molecule has 5 nitrogen and oxygen atoms in total. The number of hydrogen-bond donors (Lipinski definition) is 1. The normalized spacial score (nSPS) is 11.2. The van der Waals surface area contributed by atoms with Gasteiger partial charge in [-0.15, -0.1) is 5.10 Å². The van der Waals surface area contributed by atoms with Crippen LogP contribution in [0.5, 0.6) is 0 Å². The van der Waals surface area contributed by atoms with Crippen LogP contribution in [-0.4, -0.2) is 39.6 Å². The summed E-state index contributed by atoms with van der Waals surface area (Å²) in [6.07, 6.45) is 1.20. The highest BCUT2D eigenvalue weighted by molar-refractivity contribution is 7.99. The Morgan fingerprint density at radius 3 is 2.93 bits per heavy atom. The standard InChI is InChI=1S/C9H19N5S/c1-8(2)4-7-15-9-11-12-13-14(9)6-5-10-3/h8,10H,4-7H2,1-3H3. The van der Waals surface area contributed by atoms with Gasteiger partial charge in [0.2, 0.25) is 5.16 Å². The molecule has 1 rings (SSSR count). The van der Waals surface area contributed by atoms with E-state index in [1.807, 2.05) is 11.7 Å². The van der Waals surface area contributed by atoms with E-state index in [0.717, 1.165) is 29.9 Å². The maximum Gasteiger partial charge on any atom is 0.209 e. The summed E-state index contributed by atoms with van der Waals surface area (Å²) in [6.45, 7) is 6.17. The van der Waals surface area contributed by atoms with Crippen LogP contribution in [0.2, 0.25) is 0 Å². The first-order valence-corrected chi connectivity index (χ1v) is 6.26. The lowest BCUT2D eigenvalue weighted by Crippen LogP contribution is -2.16. The third-order valence-corrected chi connectivity index (χ3v) is 2.99. The van der Waals surface area contributed by atoms with Crippen molar-refractivity contribution in [3.05, 3.63) is 0 Å². The number of hydrogen-bond acceptors (Lipinski definition) is 5. The zero-order valence-electron chi connectivity index (χ0n) is 9.60. The van der Waals surface area contributed by atoms with Crippen LogP contribution in [0.15, 0.2) is 5.16 Å². The van der Waals surface area contributed by atoms with Gasteiger partial charge in [0.1, 0.15) is 0 Å². The Labute approximate surface area is 95.0 Å². The molecule has 0 unspecified atom stereocenters. The van der Waals surface area contributed by atoms with Gasteiger partial charge in [-0.2, -0.15) is 0 Å². The van der Waals surface area contributed by atoms with E-state index in [9.17, 15) is 0 Å². The van der Waals surface area contributed by atoms with Crippen LogP contribution in [0, 0.1) is 5.92 Å². The summed E-state index contributed by atoms with van der Waals surface area (Å²) in [5.74, 6) is 1.82. The van der Waals surface area contributed by atoms with E-state index in [0.29, 0.717) is 0 Å². The van der Waals surface area contributed by atoms with Gasteiger partial charge in [0.25, 0.3) is 0 Å². The number of likely N-dealkylation sites (N-methyl/N-ethyl adjacent to an activating group) is 1. The quantitative estimate of drug-likeness (QED) is 0.708. The lowest BCUT2D eigenvalue weighted by molar-refractivity contribution is 0.529. The van der Waals surface area contributed by atoms with E-state index < -0.39 is 0 Å². The highest BCUT2D eigenvalue weighted by Crippen LogP contribution is 2.16. The van der Waals surface area contributed by atoms with Crippen LogP contribution >= 0.6 is 11.8 Å². The highest BCUT2D eigenvalue weighted by atomic mass is 32.2. The Kier molecular flexibility index (Phi) is 5.63. The lowest BCUT2D eigenvalue weighted by atomic mass is 10.2. The van der Waals surface area contributed by atoms with Crippen LogP contribution in [0.3, 0.4) is 0 Å². The molecule has 6 heteroatoms. The van der Waals surface area contributed by atoms with Crippen molar-refractivity contribution in [3.8, 4) is 0 Å². The second-order valence-corrected chi connectivity index (χ2v) is 4.88. The van der Waals surface area contributed by atoms with Gasteiger partial charge in [0.05, 0.1) is 6.54 Å². The Hall–Kier alpha value is -0.620. The van der Waals surface area contributed by atoms with E-state index in [4.69, 9.17) is 0 Å². The van der Waals surface area contributed by atoms with Gasteiger partial charge in [0, 0.05) is 12.3 Å². The van der Waals surface area contributed by atoms with Crippen molar-refractivity contribution in [2.75, 3.05) is 19.3 Å². The summed E-state index contributed by atoms with van der Waals surface area (Å²) < 4.78 is 1.85. The monoisotopic (exact) mass is 229 g/mol. The maximum absolute atomic E-state index is 4.00. The van der Waals surface area contributed by atoms with E-state index >= 15 is 0 Å². The molecule has 0 aliphatic carbocycles. The predicted octanol–water partition coefficient (Wildman–Crippen LogP) is 1.03. The number of nitrogens with one attached hydrogen (secondary N) is 1. The number of nitrogens with zero attached hydrogens (tertiary/aromatic N) is 4. The number of thioether (sulfide) groups is 1. The molecule has 0 aliphatic rings. The minimum Gasteiger partial charge on any atom is -0.318 e. The average Bonchev–Trinajstić information content (AvgIpc) is 2.62. The van der Waals surface area contributed by atoms with E-state index in [1.165, 1.54) is 6.42 Å². The fourth-order valence-electron chi connectivity index (χ4n) is 1.04. The first-order valence-electron chi connectivity index (χ1n) is 5.27. The molecule has 0 amide bonds. The van der Waals surface area contributed by atoms with E-state index in [-0.39, 0.29) is 0 Å². The van der Waals surface area contributed by atoms with E-state index in [1.54, 1.807) is 11.8 Å². The van der Waals surface area contributed by atoms with Gasteiger partial charge < -0.3 is 5.32 Å². The summed E-state index contributed by atoms with van der Waals surface area (Å²) in [7, 11) is 1.93. The predicted molar refractivity (Wildman–Crippen MR) is 61.9 cm³/mol. The Bertz CT molecular complexity index is 273. The molecule has 0 aromatic carbocycles. The first-order chi connectivity index (χ1) is 7.24. The van der Waals surface area contributed by atoms with Crippen LogP contribution in [0.4, 0.5) is 0 Å². The topological polar surface area (TPSA) is 55.6 Å². The van der Waals surface area contributed by atoms with Gasteiger partial charge in [-0.1, -0.05) is 25.6 Å². The first kappa shape index (κ1) is 12.4. The molecular formula is C9H19N5S. The molecule has 0 spiro atoms. The molecule has 0 bridgehead atoms. The van der Waals surface area contributed by atoms with Crippen molar-refractivity contribution in [1.82, 2.24) is 25.5 Å². The van der Waals surface area contributed by atoms with Gasteiger partial charge in [-0.3, -0.25) is 0 Å². The van der Waals surface area contributed by atoms with Crippen LogP contribution in [0.25, 0.3) is 0 Å². The van der Waals surface area contributed by atoms with Crippen molar-refractivity contribution in [1.29, 1.82) is 0 Å². The molecular weight excluding hydrogens is 210 g/mol. The molecule has 0 radical (unpaired) electrons. The molecule has 1 aromatic rings. The highest BCUT2D eigenvalue weighted by Gasteiger charge is 2.06. The number of tetrazole rings is 1. The summed E-state index contributed by atoms with van der Waals surface area (Å²) >= 11 is 1.73. The number of rotatable bonds is 7. The second-order valence-electron chi connectivity index (χ2n) is 3.82. The molecule has 1 N–H and O–H groups in total. The van der Waals surface area contributed by atoms with Crippen molar-refractivity contribution in [2.45, 2.75) is 32.0 Å². The van der Waals surface area contributed by atoms with Gasteiger partial charge in [-0.25, -0.2) is 4.68 Å². The number of aromatic nitrogens is 4. The third kappa shape index (κ3) is 4.61. The molecule has 0 saturated carbocycles. The SMILES string of the molecule is CNCCn1nnnc1SCCC(C)C. The van der Waals surface area contributed by atoms with Crippen LogP contribution < -0.4 is 5.32 Å². The van der Waals surface area contributed by atoms with Crippen LogP contribution in [0.1, 0.15) is 20.3 Å². The second kappa shape index (κ2) is 6.79. The Balaban J connectivity index is 2.35. The molecule has 1 heterocycles. The van der Waals surface area contributed by atoms with Crippen molar-refractivity contribution in [3.63, 3.8) is 0 Å². The molecule has 0 atom stereocenters. The van der Waals surface area contributed by atoms with Gasteiger partial charge in [-0.05, 0) is 29.8 Å². The fraction of sp³-hybridized carbons (Fsp3) is 0.889. The summed E-state index contributed by atoms with van der Waals surface area (Å²) in [5.41, 5.74) is 0. The Morgan fingerprint density at radius 1 is 1.47 bits per heavy atom. The molecule has 0 fully saturated rings. The van der Waals surface area contributed by atoms with Gasteiger partial charge in [0.15, 0.2) is 0 Å². The average molecular weight is 229 g/mol. The summed E-state index contributed by atoms with van der Waals surface area (Å²) in [5, 5.41) is 15.6. The van der Waals surface area contributed by atoms with Crippen LogP contribution in [-0.2, 0) is 6.54 Å². The molecule has 1 aromatic heterocycles. The van der Waals surface area contributed by atoms with Crippen molar-refractivity contribution in [2.24, 2.45) is 5.92 Å². The van der Waals surface area contributed by atoms with Crippen molar-refractivity contribution < 1.29 is 0 Å². The molecule has 86 valence electrons. The Morgan fingerprint density at radius 2 is 2.27 bits per heavy atom. The zero-order chi connectivity index (χ0) is 11.1. The minimum atomic E-state index is 0.735. The van der Waals surface area contributed by atoms with E-state index in [2.05, 4.69) is 34.7 Å². The largest absolute Gasteiger partial charge is 0.318 e. The summed E-state index contributed by atoms with van der Waals surface area (Å²) in [6, 6.07) is 0. The third-order valence-electron chi connectivity index (χ3n) is 2.00. The summed E-state index contributed by atoms with van der Waals surface area (Å²) in [4.78, 5) is 0. The molecule has 0 saturated heterocycles. The minimum absolute atomic E-state index is 0.735. The van der Waals surface area contributed by atoms with Gasteiger partial charge >= 0.3 is 0 Å². The fourth-order valence-corrected chi connectivity index (χ4v) is 2.19.